The van der Waals surface area contributed by atoms with Crippen molar-refractivity contribution in [3.8, 4) is 0 Å². The van der Waals surface area contributed by atoms with Crippen LogP contribution in [0.1, 0.15) is 69.2 Å². The largest absolute Gasteiger partial charge is 3.00 e. The van der Waals surface area contributed by atoms with Gasteiger partial charge < -0.3 is 30.6 Å². The van der Waals surface area contributed by atoms with Crippen LogP contribution in [0.25, 0.3) is 0 Å². The van der Waals surface area contributed by atoms with Gasteiger partial charge in [0.25, 0.3) is 0 Å². The maximum Gasteiger partial charge on any atom is 3.00 e. The maximum absolute atomic E-state index is 9.98. The molecular weight excluding hydrogens is 560 g/mol. The van der Waals surface area contributed by atoms with Gasteiger partial charge in [0.05, 0.1) is 0 Å². The van der Waals surface area contributed by atoms with Gasteiger partial charge in [-0.3, -0.25) is 19.2 Å². The Morgan fingerprint density at radius 1 is 0.444 bits per heavy atom. The number of hydrogen-bond donors (Lipinski definition) is 0. The van der Waals surface area contributed by atoms with E-state index < -0.39 is 0 Å². The van der Waals surface area contributed by atoms with Crippen LogP contribution in [0.3, 0.4) is 0 Å². The Bertz CT molecular complexity index is 550. The number of hydrogen-bond acceptors (Lipinski definition) is 10. The Hall–Kier alpha value is -2.20. The topological polar surface area (TPSA) is 207 Å². The number of carbonyl (C=O) groups is 4. The third-order valence-electron chi connectivity index (χ3n) is 1.63. The van der Waals surface area contributed by atoms with E-state index in [9.17, 15) is 39.6 Å². The van der Waals surface area contributed by atoms with Crippen molar-refractivity contribution in [2.24, 2.45) is 0 Å². The van der Waals surface area contributed by atoms with Gasteiger partial charge in [-0.05, 0) is 52.0 Å². The second-order valence-electron chi connectivity index (χ2n) is 6.04. The Balaban J connectivity index is -0.0000000443. The van der Waals surface area contributed by atoms with Crippen LogP contribution in [-0.4, -0.2) is 36.3 Å². The number of allylic oxidation sites excluding steroid dienone is 8. The first-order valence-electron chi connectivity index (χ1n) is 9.93. The van der Waals surface area contributed by atoms with Gasteiger partial charge in [0, 0.05) is 0 Å². The summed E-state index contributed by atoms with van der Waals surface area (Å²) in [5, 5.41) is 57.8. The normalized spacial score (nSPS) is 9.89. The van der Waals surface area contributed by atoms with Crippen LogP contribution >= 0.6 is 0 Å². The maximum atomic E-state index is 9.98. The predicted molar refractivity (Wildman–Crippen MR) is 119 cm³/mol. The van der Waals surface area contributed by atoms with Gasteiger partial charge in [0.1, 0.15) is 0 Å². The molecule has 12 heteroatoms. The molecule has 10 nitrogen and oxygen atoms in total. The molecule has 0 rings (SSSR count). The van der Waals surface area contributed by atoms with Crippen molar-refractivity contribution < 1.29 is 84.0 Å². The second-order valence-corrected chi connectivity index (χ2v) is 6.04. The van der Waals surface area contributed by atoms with E-state index >= 15 is 0 Å². The zero-order valence-electron chi connectivity index (χ0n) is 22.5. The molecule has 0 aliphatic carbocycles. The summed E-state index contributed by atoms with van der Waals surface area (Å²) in [6.45, 7) is 13.9. The summed E-state index contributed by atoms with van der Waals surface area (Å²) < 4.78 is 0. The first-order chi connectivity index (χ1) is 15.3. The smallest absolute Gasteiger partial charge is 0.876 e. The Morgan fingerprint density at radius 2 is 0.528 bits per heavy atom. The number of rotatable bonds is 4. The fourth-order valence-corrected chi connectivity index (χ4v) is 1.14. The average molecular weight is 598 g/mol. The number of ketones is 4. The molecule has 0 N–H and O–H groups in total. The van der Waals surface area contributed by atoms with E-state index in [0.717, 1.165) is 24.3 Å². The zero-order chi connectivity index (χ0) is 28.9. The SMILES string of the molecule is CC(=O)/C=C(/C)[O-].CC(=O)/C=C(/C)[O-].CC(=O)/C=C(/C)[O-].CC(=O)/C=C(/C)[O-].CC[O-].CC[O-].[Fe+3].[Fe+3]. The van der Waals surface area contributed by atoms with E-state index in [0.29, 0.717) is 0 Å². The predicted octanol–water partition coefficient (Wildman–Crippen LogP) is -1.91. The van der Waals surface area contributed by atoms with E-state index in [2.05, 4.69) is 0 Å². The standard InChI is InChI=1S/4C5H8O2.2C2H5O.2Fe/c4*1-4(6)3-5(2)7;2*1-2-3;;/h4*3,6H,1-2H3;2*2H2,1H3;;/q;;;;2*-1;2*+3/p-4/b4*4-3-;;;;. The Labute approximate surface area is 236 Å². The van der Waals surface area contributed by atoms with Crippen LogP contribution in [0.5, 0.6) is 0 Å². The minimum Gasteiger partial charge on any atom is -0.876 e. The molecule has 0 saturated heterocycles. The molecule has 0 aliphatic rings. The third kappa shape index (κ3) is 158. The molecule has 0 aromatic rings. The van der Waals surface area contributed by atoms with Crippen LogP contribution in [0, 0.1) is 0 Å². The second kappa shape index (κ2) is 42.9. The van der Waals surface area contributed by atoms with Crippen LogP contribution in [0.15, 0.2) is 47.3 Å². The van der Waals surface area contributed by atoms with Crippen molar-refractivity contribution in [3.05, 3.63) is 47.3 Å². The molecule has 210 valence electrons. The summed E-state index contributed by atoms with van der Waals surface area (Å²) in [4.78, 5) is 39.9. The van der Waals surface area contributed by atoms with Crippen LogP contribution < -0.4 is 30.6 Å². The van der Waals surface area contributed by atoms with E-state index in [4.69, 9.17) is 10.2 Å². The molecule has 0 spiro atoms. The van der Waals surface area contributed by atoms with E-state index in [1.807, 2.05) is 0 Å². The van der Waals surface area contributed by atoms with Gasteiger partial charge in [-0.2, -0.15) is 0 Å². The van der Waals surface area contributed by atoms with Crippen LogP contribution in [-0.2, 0) is 53.3 Å². The van der Waals surface area contributed by atoms with Crippen molar-refractivity contribution in [1.29, 1.82) is 0 Å². The molecule has 0 amide bonds. The summed E-state index contributed by atoms with van der Waals surface area (Å²) in [5.74, 6) is -1.50. The fraction of sp³-hybridized carbons (Fsp3) is 0.500. The summed E-state index contributed by atoms with van der Waals surface area (Å²) in [6.07, 6.45) is 4.22. The minimum absolute atomic E-state index is 0. The van der Waals surface area contributed by atoms with Crippen molar-refractivity contribution in [3.63, 3.8) is 0 Å². The molecule has 36 heavy (non-hydrogen) atoms. The molecule has 0 fully saturated rings. The molecule has 0 unspecified atom stereocenters. The van der Waals surface area contributed by atoms with E-state index in [-0.39, 0.29) is 93.5 Å². The fourth-order valence-electron chi connectivity index (χ4n) is 1.14. The molecule has 0 bridgehead atoms. The molecular formula is C24H38Fe2O10. The first-order valence-corrected chi connectivity index (χ1v) is 9.93. The van der Waals surface area contributed by atoms with Crippen molar-refractivity contribution in [1.82, 2.24) is 0 Å². The van der Waals surface area contributed by atoms with Gasteiger partial charge in [0.2, 0.25) is 0 Å². The van der Waals surface area contributed by atoms with Crippen molar-refractivity contribution in [2.45, 2.75) is 69.2 Å². The summed E-state index contributed by atoms with van der Waals surface area (Å²) in [7, 11) is 0. The van der Waals surface area contributed by atoms with Crippen LogP contribution in [0.4, 0.5) is 0 Å². The molecule has 0 aliphatic heterocycles. The van der Waals surface area contributed by atoms with Gasteiger partial charge in [0.15, 0.2) is 23.1 Å². The summed E-state index contributed by atoms with van der Waals surface area (Å²) >= 11 is 0. The van der Waals surface area contributed by atoms with Crippen molar-refractivity contribution >= 4 is 23.1 Å². The Kier molecular flexibility index (Phi) is 65.1. The summed E-state index contributed by atoms with van der Waals surface area (Å²) in [6, 6.07) is 0. The third-order valence-corrected chi connectivity index (χ3v) is 1.63. The van der Waals surface area contributed by atoms with Gasteiger partial charge >= 0.3 is 34.1 Å². The quantitative estimate of drug-likeness (QED) is 0.199. The van der Waals surface area contributed by atoms with Crippen LogP contribution in [0.2, 0.25) is 0 Å². The van der Waals surface area contributed by atoms with Gasteiger partial charge in [-0.25, -0.2) is 0 Å². The minimum atomic E-state index is -0.187. The molecule has 0 aromatic heterocycles. The average Bonchev–Trinajstić information content (AvgIpc) is 2.52. The van der Waals surface area contributed by atoms with Crippen molar-refractivity contribution in [2.75, 3.05) is 13.2 Å². The zero-order valence-corrected chi connectivity index (χ0v) is 24.7. The monoisotopic (exact) mass is 598 g/mol. The first kappa shape index (κ1) is 54.6. The molecule has 0 heterocycles. The molecule has 0 atom stereocenters. The molecule has 2 radical (unpaired) electrons. The molecule has 0 saturated carbocycles. The van der Waals surface area contributed by atoms with E-state index in [1.165, 1.54) is 55.4 Å². The van der Waals surface area contributed by atoms with Gasteiger partial charge in [-0.15, -0.1) is 36.3 Å². The summed E-state index contributed by atoms with van der Waals surface area (Å²) in [5.41, 5.74) is 0. The van der Waals surface area contributed by atoms with E-state index in [1.54, 1.807) is 13.8 Å². The molecule has 0 aromatic carbocycles. The Morgan fingerprint density at radius 3 is 0.528 bits per heavy atom. The van der Waals surface area contributed by atoms with Gasteiger partial charge in [-0.1, -0.05) is 41.5 Å². The number of carbonyl (C=O) groups excluding carboxylic acids is 4.